The number of thiazole rings is 1. The van der Waals surface area contributed by atoms with Gasteiger partial charge in [-0.15, -0.1) is 11.3 Å². The molecule has 0 spiro atoms. The van der Waals surface area contributed by atoms with Crippen LogP contribution in [-0.2, 0) is 19.4 Å². The molecular weight excluding hydrogens is 256 g/mol. The number of aromatic nitrogens is 1. The Hall–Kier alpha value is -1.39. The van der Waals surface area contributed by atoms with E-state index in [1.54, 1.807) is 11.3 Å². The summed E-state index contributed by atoms with van der Waals surface area (Å²) < 4.78 is 5.52. The average Bonchev–Trinajstić information content (AvgIpc) is 3.03. The van der Waals surface area contributed by atoms with Gasteiger partial charge in [0, 0.05) is 18.3 Å². The molecule has 2 aromatic rings. The van der Waals surface area contributed by atoms with Gasteiger partial charge >= 0.3 is 0 Å². The van der Waals surface area contributed by atoms with Crippen LogP contribution in [0, 0.1) is 6.92 Å². The summed E-state index contributed by atoms with van der Waals surface area (Å²) in [7, 11) is 0. The van der Waals surface area contributed by atoms with Gasteiger partial charge in [0.2, 0.25) is 0 Å². The van der Waals surface area contributed by atoms with Crippen LogP contribution in [0.4, 0.5) is 0 Å². The zero-order valence-corrected chi connectivity index (χ0v) is 11.9. The van der Waals surface area contributed by atoms with Gasteiger partial charge in [-0.05, 0) is 37.1 Å². The van der Waals surface area contributed by atoms with Gasteiger partial charge in [-0.1, -0.05) is 12.1 Å². The fourth-order valence-corrected chi connectivity index (χ4v) is 2.95. The first kappa shape index (κ1) is 12.6. The van der Waals surface area contributed by atoms with Gasteiger partial charge in [0.25, 0.3) is 0 Å². The minimum Gasteiger partial charge on any atom is -0.493 e. The van der Waals surface area contributed by atoms with E-state index in [1.165, 1.54) is 11.1 Å². The van der Waals surface area contributed by atoms with E-state index in [4.69, 9.17) is 4.74 Å². The predicted octanol–water partition coefficient (Wildman–Crippen LogP) is 2.72. The highest BCUT2D eigenvalue weighted by Gasteiger charge is 2.11. The van der Waals surface area contributed by atoms with Crippen molar-refractivity contribution >= 4 is 11.3 Å². The number of nitrogens with zero attached hydrogens (tertiary/aromatic N) is 1. The highest BCUT2D eigenvalue weighted by molar-refractivity contribution is 7.09. The summed E-state index contributed by atoms with van der Waals surface area (Å²) in [6.45, 7) is 4.72. The molecular formula is C15H18N2OS. The Morgan fingerprint density at radius 3 is 3.21 bits per heavy atom. The maximum Gasteiger partial charge on any atom is 0.122 e. The molecule has 2 heterocycles. The standard InChI is InChI=1S/C15H18N2OS/c1-11-17-14(10-19-11)9-16-6-4-12-2-3-15-13(8-12)5-7-18-15/h2-3,8,10,16H,4-7,9H2,1H3. The molecule has 1 aliphatic rings. The molecule has 0 radical (unpaired) electrons. The molecule has 100 valence electrons. The van der Waals surface area contributed by atoms with Gasteiger partial charge < -0.3 is 10.1 Å². The Kier molecular flexibility index (Phi) is 3.80. The molecule has 1 aromatic heterocycles. The molecule has 0 amide bonds. The first-order valence-corrected chi connectivity index (χ1v) is 7.55. The normalized spacial score (nSPS) is 13.3. The minimum absolute atomic E-state index is 0.834. The quantitative estimate of drug-likeness (QED) is 0.851. The van der Waals surface area contributed by atoms with E-state index in [-0.39, 0.29) is 0 Å². The third-order valence-electron chi connectivity index (χ3n) is 3.32. The van der Waals surface area contributed by atoms with Crippen LogP contribution >= 0.6 is 11.3 Å². The highest BCUT2D eigenvalue weighted by Crippen LogP contribution is 2.25. The lowest BCUT2D eigenvalue weighted by Gasteiger charge is -2.05. The summed E-state index contributed by atoms with van der Waals surface area (Å²) in [5, 5.41) is 6.70. The third kappa shape index (κ3) is 3.14. The van der Waals surface area contributed by atoms with Gasteiger partial charge in [0.15, 0.2) is 0 Å². The molecule has 0 saturated carbocycles. The summed E-state index contributed by atoms with van der Waals surface area (Å²) in [5.41, 5.74) is 3.88. The van der Waals surface area contributed by atoms with Crippen molar-refractivity contribution < 1.29 is 4.74 Å². The van der Waals surface area contributed by atoms with E-state index >= 15 is 0 Å². The van der Waals surface area contributed by atoms with E-state index in [9.17, 15) is 0 Å². The van der Waals surface area contributed by atoms with Crippen LogP contribution in [0.2, 0.25) is 0 Å². The molecule has 1 N–H and O–H groups in total. The largest absolute Gasteiger partial charge is 0.493 e. The van der Waals surface area contributed by atoms with Crippen LogP contribution in [0.25, 0.3) is 0 Å². The maximum absolute atomic E-state index is 5.52. The van der Waals surface area contributed by atoms with Gasteiger partial charge in [0.05, 0.1) is 17.3 Å². The van der Waals surface area contributed by atoms with Gasteiger partial charge in [-0.2, -0.15) is 0 Å². The zero-order valence-electron chi connectivity index (χ0n) is 11.1. The van der Waals surface area contributed by atoms with Crippen molar-refractivity contribution in [2.75, 3.05) is 13.2 Å². The SMILES string of the molecule is Cc1nc(CNCCc2ccc3c(c2)CCO3)cs1. The molecule has 19 heavy (non-hydrogen) atoms. The molecule has 0 saturated heterocycles. The first-order chi connectivity index (χ1) is 9.31. The van der Waals surface area contributed by atoms with E-state index in [0.29, 0.717) is 0 Å². The van der Waals surface area contributed by atoms with Crippen LogP contribution in [0.3, 0.4) is 0 Å². The predicted molar refractivity (Wildman–Crippen MR) is 77.9 cm³/mol. The molecule has 4 heteroatoms. The van der Waals surface area contributed by atoms with Gasteiger partial charge in [-0.3, -0.25) is 0 Å². The molecule has 0 aliphatic carbocycles. The number of hydrogen-bond acceptors (Lipinski definition) is 4. The smallest absolute Gasteiger partial charge is 0.122 e. The molecule has 0 bridgehead atoms. The topological polar surface area (TPSA) is 34.2 Å². The van der Waals surface area contributed by atoms with E-state index < -0.39 is 0 Å². The van der Waals surface area contributed by atoms with Crippen LogP contribution < -0.4 is 10.1 Å². The number of hydrogen-bond donors (Lipinski definition) is 1. The summed E-state index contributed by atoms with van der Waals surface area (Å²) in [4.78, 5) is 4.44. The summed E-state index contributed by atoms with van der Waals surface area (Å²) in [5.74, 6) is 1.06. The minimum atomic E-state index is 0.834. The van der Waals surface area contributed by atoms with E-state index in [0.717, 1.165) is 49.0 Å². The number of nitrogens with one attached hydrogen (secondary N) is 1. The fourth-order valence-electron chi connectivity index (χ4n) is 2.33. The zero-order chi connectivity index (χ0) is 13.1. The Morgan fingerprint density at radius 2 is 2.37 bits per heavy atom. The molecule has 3 rings (SSSR count). The average molecular weight is 274 g/mol. The number of aryl methyl sites for hydroxylation is 1. The highest BCUT2D eigenvalue weighted by atomic mass is 32.1. The second-order valence-electron chi connectivity index (χ2n) is 4.83. The second kappa shape index (κ2) is 5.72. The Morgan fingerprint density at radius 1 is 1.42 bits per heavy atom. The Balaban J connectivity index is 1.47. The van der Waals surface area contributed by atoms with Crippen LogP contribution in [0.5, 0.6) is 5.75 Å². The van der Waals surface area contributed by atoms with Gasteiger partial charge in [0.1, 0.15) is 5.75 Å². The molecule has 0 unspecified atom stereocenters. The number of fused-ring (bicyclic) bond motifs is 1. The molecule has 3 nitrogen and oxygen atoms in total. The fraction of sp³-hybridized carbons (Fsp3) is 0.400. The molecule has 1 aromatic carbocycles. The van der Waals surface area contributed by atoms with Gasteiger partial charge in [-0.25, -0.2) is 4.98 Å². The van der Waals surface area contributed by atoms with Crippen molar-refractivity contribution in [1.29, 1.82) is 0 Å². The van der Waals surface area contributed by atoms with Crippen LogP contribution in [0.15, 0.2) is 23.6 Å². The van der Waals surface area contributed by atoms with E-state index in [2.05, 4.69) is 33.9 Å². The molecule has 1 aliphatic heterocycles. The number of benzene rings is 1. The van der Waals surface area contributed by atoms with Crippen molar-refractivity contribution in [3.8, 4) is 5.75 Å². The van der Waals surface area contributed by atoms with Crippen molar-refractivity contribution in [3.63, 3.8) is 0 Å². The van der Waals surface area contributed by atoms with Crippen molar-refractivity contribution in [2.45, 2.75) is 26.3 Å². The van der Waals surface area contributed by atoms with Crippen LogP contribution in [0.1, 0.15) is 21.8 Å². The summed E-state index contributed by atoms with van der Waals surface area (Å²) >= 11 is 1.71. The second-order valence-corrected chi connectivity index (χ2v) is 5.89. The summed E-state index contributed by atoms with van der Waals surface area (Å²) in [6.07, 6.45) is 2.10. The van der Waals surface area contributed by atoms with Crippen molar-refractivity contribution in [2.24, 2.45) is 0 Å². The monoisotopic (exact) mass is 274 g/mol. The molecule has 0 fully saturated rings. The lowest BCUT2D eigenvalue weighted by atomic mass is 10.1. The third-order valence-corrected chi connectivity index (χ3v) is 4.14. The lowest BCUT2D eigenvalue weighted by molar-refractivity contribution is 0.357. The molecule has 0 atom stereocenters. The maximum atomic E-state index is 5.52. The first-order valence-electron chi connectivity index (χ1n) is 6.67. The summed E-state index contributed by atoms with van der Waals surface area (Å²) in [6, 6.07) is 6.54. The van der Waals surface area contributed by atoms with Crippen LogP contribution in [-0.4, -0.2) is 18.1 Å². The Labute approximate surface area is 117 Å². The number of rotatable bonds is 5. The van der Waals surface area contributed by atoms with E-state index in [1.807, 2.05) is 6.92 Å². The van der Waals surface area contributed by atoms with Crippen molar-refractivity contribution in [1.82, 2.24) is 10.3 Å². The Bertz CT molecular complexity index is 565. The number of ether oxygens (including phenoxy) is 1. The lowest BCUT2D eigenvalue weighted by Crippen LogP contribution is -2.16. The van der Waals surface area contributed by atoms with Crippen molar-refractivity contribution in [3.05, 3.63) is 45.4 Å².